The molecule has 0 bridgehead atoms. The molecule has 32 heavy (non-hydrogen) atoms. The van der Waals surface area contributed by atoms with Gasteiger partial charge in [0.2, 0.25) is 11.8 Å². The van der Waals surface area contributed by atoms with Gasteiger partial charge in [0.15, 0.2) is 0 Å². The van der Waals surface area contributed by atoms with Crippen molar-refractivity contribution in [3.63, 3.8) is 0 Å². The van der Waals surface area contributed by atoms with Crippen molar-refractivity contribution in [3.8, 4) is 5.75 Å². The molecule has 2 rings (SSSR count). The van der Waals surface area contributed by atoms with Crippen LogP contribution in [0.5, 0.6) is 5.75 Å². The van der Waals surface area contributed by atoms with E-state index >= 15 is 0 Å². The van der Waals surface area contributed by atoms with Gasteiger partial charge >= 0.3 is 0 Å². The van der Waals surface area contributed by atoms with E-state index in [2.05, 4.69) is 30.5 Å². The largest absolute Gasteiger partial charge is 0.497 e. The van der Waals surface area contributed by atoms with E-state index in [0.717, 1.165) is 36.3 Å². The molecule has 2 amide bonds. The normalized spacial score (nSPS) is 11.8. The lowest BCUT2D eigenvalue weighted by Gasteiger charge is -2.32. The van der Waals surface area contributed by atoms with Gasteiger partial charge in [-0.05, 0) is 56.0 Å². The topological polar surface area (TPSA) is 54.8 Å². The third kappa shape index (κ3) is 7.14. The van der Waals surface area contributed by atoms with Crippen LogP contribution in [0.4, 0.5) is 0 Å². The van der Waals surface area contributed by atoms with Crippen LogP contribution in [0.25, 0.3) is 0 Å². The quantitative estimate of drug-likeness (QED) is 0.452. The van der Waals surface area contributed by atoms with Crippen LogP contribution in [0, 0.1) is 0 Å². The number of carbonyl (C=O) groups is 2. The summed E-state index contributed by atoms with van der Waals surface area (Å²) in [7, 11) is 1.67. The second-order valence-corrected chi connectivity index (χ2v) is 8.32. The van der Waals surface area contributed by atoms with Crippen molar-refractivity contribution >= 4 is 11.8 Å². The minimum Gasteiger partial charge on any atom is -0.497 e. The summed E-state index contributed by atoms with van der Waals surface area (Å²) in [6, 6.07) is 12.2. The second kappa shape index (κ2) is 12.9. The van der Waals surface area contributed by atoms with Crippen LogP contribution in [0.1, 0.15) is 64.6 Å². The maximum atomic E-state index is 13.3. The zero-order valence-corrected chi connectivity index (χ0v) is 20.3. The van der Waals surface area contributed by atoms with Gasteiger partial charge in [0, 0.05) is 37.4 Å². The lowest BCUT2D eigenvalue weighted by atomic mass is 10.2. The fourth-order valence-corrected chi connectivity index (χ4v) is 3.79. The molecule has 1 aromatic heterocycles. The number of benzene rings is 1. The van der Waals surface area contributed by atoms with Crippen molar-refractivity contribution in [2.75, 3.05) is 20.2 Å². The van der Waals surface area contributed by atoms with Crippen LogP contribution in [0.2, 0.25) is 0 Å². The zero-order valence-electron chi connectivity index (χ0n) is 20.3. The van der Waals surface area contributed by atoms with E-state index in [1.54, 1.807) is 12.0 Å². The van der Waals surface area contributed by atoms with Gasteiger partial charge in [-0.3, -0.25) is 9.59 Å². The Morgan fingerprint density at radius 1 is 1.06 bits per heavy atom. The second-order valence-electron chi connectivity index (χ2n) is 8.32. The van der Waals surface area contributed by atoms with Crippen molar-refractivity contribution in [1.82, 2.24) is 14.4 Å². The first-order valence-corrected chi connectivity index (χ1v) is 11.8. The third-order valence-electron chi connectivity index (χ3n) is 5.82. The first-order valence-electron chi connectivity index (χ1n) is 11.8. The summed E-state index contributed by atoms with van der Waals surface area (Å²) in [5.74, 6) is 0.903. The molecule has 176 valence electrons. The lowest BCUT2D eigenvalue weighted by molar-refractivity contribution is -0.142. The highest BCUT2D eigenvalue weighted by Gasteiger charge is 2.24. The number of rotatable bonds is 13. The Morgan fingerprint density at radius 2 is 1.84 bits per heavy atom. The standard InChI is InChI=1S/C26H39N3O3/c1-6-11-25(30)28(15-7-2)20-26(31)29(21(4)8-3)19-23-13-10-16-27(23)18-22-12-9-14-24(17-22)32-5/h9-10,12-14,16-17,21H,6-8,11,15,18-20H2,1-5H3. The number of amides is 2. The van der Waals surface area contributed by atoms with Crippen molar-refractivity contribution in [1.29, 1.82) is 0 Å². The molecule has 1 heterocycles. The summed E-state index contributed by atoms with van der Waals surface area (Å²) >= 11 is 0. The Bertz CT molecular complexity index is 862. The molecule has 0 radical (unpaired) electrons. The predicted molar refractivity (Wildman–Crippen MR) is 129 cm³/mol. The molecule has 1 unspecified atom stereocenters. The Morgan fingerprint density at radius 3 is 2.50 bits per heavy atom. The summed E-state index contributed by atoms with van der Waals surface area (Å²) in [4.78, 5) is 29.5. The minimum absolute atomic E-state index is 0.00591. The average molecular weight is 442 g/mol. The van der Waals surface area contributed by atoms with Gasteiger partial charge in [-0.1, -0.05) is 32.9 Å². The fourth-order valence-electron chi connectivity index (χ4n) is 3.79. The maximum Gasteiger partial charge on any atom is 0.242 e. The van der Waals surface area contributed by atoms with Crippen molar-refractivity contribution in [2.24, 2.45) is 0 Å². The van der Waals surface area contributed by atoms with Crippen LogP contribution in [0.3, 0.4) is 0 Å². The summed E-state index contributed by atoms with van der Waals surface area (Å²) in [6.45, 7) is 10.2. The molecule has 1 aromatic carbocycles. The van der Waals surface area contributed by atoms with Gasteiger partial charge in [0.05, 0.1) is 20.2 Å². The van der Waals surface area contributed by atoms with E-state index < -0.39 is 0 Å². The van der Waals surface area contributed by atoms with Crippen LogP contribution >= 0.6 is 0 Å². The highest BCUT2D eigenvalue weighted by atomic mass is 16.5. The molecule has 6 heteroatoms. The van der Waals surface area contributed by atoms with Gasteiger partial charge in [0.25, 0.3) is 0 Å². The highest BCUT2D eigenvalue weighted by molar-refractivity contribution is 5.85. The molecule has 0 spiro atoms. The van der Waals surface area contributed by atoms with Gasteiger partial charge in [-0.2, -0.15) is 0 Å². The van der Waals surface area contributed by atoms with E-state index in [1.165, 1.54) is 0 Å². The van der Waals surface area contributed by atoms with Gasteiger partial charge < -0.3 is 19.1 Å². The number of aromatic nitrogens is 1. The molecule has 0 N–H and O–H groups in total. The molecular weight excluding hydrogens is 402 g/mol. The van der Waals surface area contributed by atoms with Crippen LogP contribution < -0.4 is 4.74 Å². The van der Waals surface area contributed by atoms with Crippen molar-refractivity contribution in [2.45, 2.75) is 72.5 Å². The van der Waals surface area contributed by atoms with Crippen molar-refractivity contribution in [3.05, 3.63) is 53.9 Å². The fraction of sp³-hybridized carbons (Fsp3) is 0.538. The van der Waals surface area contributed by atoms with Crippen LogP contribution in [-0.4, -0.2) is 52.4 Å². The molecule has 0 aliphatic heterocycles. The summed E-state index contributed by atoms with van der Waals surface area (Å²) in [6.07, 6.45) is 5.02. The Labute approximate surface area is 193 Å². The molecule has 2 aromatic rings. The highest BCUT2D eigenvalue weighted by Crippen LogP contribution is 2.17. The average Bonchev–Trinajstić information content (AvgIpc) is 3.23. The smallest absolute Gasteiger partial charge is 0.242 e. The number of hydrogen-bond acceptors (Lipinski definition) is 3. The molecule has 0 aliphatic carbocycles. The Balaban J connectivity index is 2.18. The molecule has 0 aliphatic rings. The predicted octanol–water partition coefficient (Wildman–Crippen LogP) is 4.71. The monoisotopic (exact) mass is 441 g/mol. The number of nitrogens with zero attached hydrogens (tertiary/aromatic N) is 3. The first-order chi connectivity index (χ1) is 15.4. The number of ether oxygens (including phenoxy) is 1. The summed E-state index contributed by atoms with van der Waals surface area (Å²) < 4.78 is 7.52. The van der Waals surface area contributed by atoms with Crippen LogP contribution in [0.15, 0.2) is 42.6 Å². The molecule has 0 saturated carbocycles. The number of methoxy groups -OCH3 is 1. The van der Waals surface area contributed by atoms with E-state index in [1.807, 2.05) is 49.2 Å². The van der Waals surface area contributed by atoms with Gasteiger partial charge in [-0.15, -0.1) is 0 Å². The maximum absolute atomic E-state index is 13.3. The number of hydrogen-bond donors (Lipinski definition) is 0. The van der Waals surface area contributed by atoms with E-state index in [4.69, 9.17) is 4.74 Å². The third-order valence-corrected chi connectivity index (χ3v) is 5.82. The molecule has 6 nitrogen and oxygen atoms in total. The summed E-state index contributed by atoms with van der Waals surface area (Å²) in [5, 5.41) is 0. The van der Waals surface area contributed by atoms with Gasteiger partial charge in [-0.25, -0.2) is 0 Å². The Kier molecular flexibility index (Phi) is 10.3. The Hall–Kier alpha value is -2.76. The van der Waals surface area contributed by atoms with Crippen LogP contribution in [-0.2, 0) is 22.7 Å². The SMILES string of the molecule is CCCC(=O)N(CCC)CC(=O)N(Cc1cccn1Cc1cccc(OC)c1)C(C)CC. The lowest BCUT2D eigenvalue weighted by Crippen LogP contribution is -2.46. The van der Waals surface area contributed by atoms with Crippen molar-refractivity contribution < 1.29 is 14.3 Å². The number of carbonyl (C=O) groups excluding carboxylic acids is 2. The first kappa shape index (κ1) is 25.5. The van der Waals surface area contributed by atoms with E-state index in [-0.39, 0.29) is 24.4 Å². The summed E-state index contributed by atoms with van der Waals surface area (Å²) in [5.41, 5.74) is 2.21. The van der Waals surface area contributed by atoms with E-state index in [9.17, 15) is 9.59 Å². The molecule has 0 saturated heterocycles. The van der Waals surface area contributed by atoms with E-state index in [0.29, 0.717) is 26.1 Å². The minimum atomic E-state index is 0.00591. The molecule has 1 atom stereocenters. The molecule has 0 fully saturated rings. The van der Waals surface area contributed by atoms with Gasteiger partial charge in [0.1, 0.15) is 5.75 Å². The zero-order chi connectivity index (χ0) is 23.5. The molecular formula is C26H39N3O3.